The zero-order chi connectivity index (χ0) is 16.9. The maximum absolute atomic E-state index is 11.1. The summed E-state index contributed by atoms with van der Waals surface area (Å²) in [4.78, 5) is 0. The molecule has 2 heteroatoms. The van der Waals surface area contributed by atoms with Gasteiger partial charge in [-0.05, 0) is 67.6 Å². The van der Waals surface area contributed by atoms with Crippen LogP contribution in [0.25, 0.3) is 0 Å². The number of nitrogens with two attached hydrogens (primary N) is 1. The Morgan fingerprint density at radius 3 is 2.52 bits per heavy atom. The lowest BCUT2D eigenvalue weighted by molar-refractivity contribution is -0.158. The standard InChI is InChI=1S/C21H37NO/c1-5-15-7-8-17-20(4)11-6-10-19(2,3)16(20)9-12-21(17,14-22)18(23)13-15/h13,16-18,23H,5-12,14,22H2,1-4H3. The van der Waals surface area contributed by atoms with Gasteiger partial charge in [-0.3, -0.25) is 0 Å². The van der Waals surface area contributed by atoms with Crippen LogP contribution >= 0.6 is 0 Å². The first-order chi connectivity index (χ1) is 10.8. The van der Waals surface area contributed by atoms with Gasteiger partial charge >= 0.3 is 0 Å². The normalized spacial score (nSPS) is 46.3. The van der Waals surface area contributed by atoms with Crippen molar-refractivity contribution < 1.29 is 5.11 Å². The van der Waals surface area contributed by atoms with E-state index in [4.69, 9.17) is 5.73 Å². The van der Waals surface area contributed by atoms with Crippen LogP contribution in [0.5, 0.6) is 0 Å². The Labute approximate surface area is 142 Å². The summed E-state index contributed by atoms with van der Waals surface area (Å²) < 4.78 is 0. The molecule has 132 valence electrons. The molecule has 3 rings (SSSR count). The van der Waals surface area contributed by atoms with Crippen molar-refractivity contribution in [3.63, 3.8) is 0 Å². The lowest BCUT2D eigenvalue weighted by Gasteiger charge is -2.63. The zero-order valence-corrected chi connectivity index (χ0v) is 15.7. The third kappa shape index (κ3) is 2.52. The van der Waals surface area contributed by atoms with Gasteiger partial charge in [0.1, 0.15) is 0 Å². The van der Waals surface area contributed by atoms with Crippen LogP contribution < -0.4 is 5.73 Å². The minimum Gasteiger partial charge on any atom is -0.388 e. The summed E-state index contributed by atoms with van der Waals surface area (Å²) in [6, 6.07) is 0. The second-order valence-corrected chi connectivity index (χ2v) is 9.59. The third-order valence-corrected chi connectivity index (χ3v) is 8.24. The van der Waals surface area contributed by atoms with Crippen molar-refractivity contribution >= 4 is 0 Å². The highest BCUT2D eigenvalue weighted by molar-refractivity contribution is 5.19. The predicted molar refractivity (Wildman–Crippen MR) is 97.1 cm³/mol. The molecule has 0 radical (unpaired) electrons. The van der Waals surface area contributed by atoms with Crippen molar-refractivity contribution in [2.45, 2.75) is 85.2 Å². The molecule has 0 bridgehead atoms. The second-order valence-electron chi connectivity index (χ2n) is 9.59. The summed E-state index contributed by atoms with van der Waals surface area (Å²) in [5, 5.41) is 11.1. The fourth-order valence-corrected chi connectivity index (χ4v) is 6.98. The maximum Gasteiger partial charge on any atom is 0.0794 e. The van der Waals surface area contributed by atoms with Gasteiger partial charge in [0, 0.05) is 12.0 Å². The summed E-state index contributed by atoms with van der Waals surface area (Å²) in [5.41, 5.74) is 8.49. The van der Waals surface area contributed by atoms with E-state index in [1.165, 1.54) is 37.7 Å². The fraction of sp³-hybridized carbons (Fsp3) is 0.905. The first-order valence-electron chi connectivity index (χ1n) is 9.88. The van der Waals surface area contributed by atoms with Crippen LogP contribution in [-0.2, 0) is 0 Å². The Balaban J connectivity index is 2.03. The highest BCUT2D eigenvalue weighted by Gasteiger charge is 2.60. The molecule has 0 aliphatic heterocycles. The monoisotopic (exact) mass is 319 g/mol. The Morgan fingerprint density at radius 1 is 1.13 bits per heavy atom. The highest BCUT2D eigenvalue weighted by atomic mass is 16.3. The molecule has 23 heavy (non-hydrogen) atoms. The van der Waals surface area contributed by atoms with Crippen molar-refractivity contribution in [1.29, 1.82) is 0 Å². The van der Waals surface area contributed by atoms with Gasteiger partial charge in [0.2, 0.25) is 0 Å². The van der Waals surface area contributed by atoms with E-state index in [-0.39, 0.29) is 11.5 Å². The molecule has 0 aromatic rings. The maximum atomic E-state index is 11.1. The molecule has 0 saturated heterocycles. The Kier molecular flexibility index (Phi) is 4.47. The van der Waals surface area contributed by atoms with Gasteiger partial charge in [0.25, 0.3) is 0 Å². The van der Waals surface area contributed by atoms with Gasteiger partial charge in [-0.25, -0.2) is 0 Å². The molecule has 2 fully saturated rings. The molecule has 5 atom stereocenters. The smallest absolute Gasteiger partial charge is 0.0794 e. The van der Waals surface area contributed by atoms with Crippen LogP contribution in [0.15, 0.2) is 11.6 Å². The van der Waals surface area contributed by atoms with E-state index in [1.54, 1.807) is 0 Å². The van der Waals surface area contributed by atoms with Gasteiger partial charge in [-0.2, -0.15) is 0 Å². The summed E-state index contributed by atoms with van der Waals surface area (Å²) in [5.74, 6) is 1.34. The SMILES string of the molecule is CCC1=CC(O)C2(CN)CCC3C(C)(C)CCCC3(C)C2CC1. The molecule has 3 aliphatic rings. The van der Waals surface area contributed by atoms with Crippen LogP contribution in [0.2, 0.25) is 0 Å². The third-order valence-electron chi connectivity index (χ3n) is 8.24. The number of aliphatic hydroxyl groups is 1. The van der Waals surface area contributed by atoms with Crippen LogP contribution in [-0.4, -0.2) is 17.8 Å². The number of hydrogen-bond acceptors (Lipinski definition) is 2. The summed E-state index contributed by atoms with van der Waals surface area (Å²) in [6.45, 7) is 10.4. The largest absolute Gasteiger partial charge is 0.388 e. The fourth-order valence-electron chi connectivity index (χ4n) is 6.98. The van der Waals surface area contributed by atoms with E-state index in [9.17, 15) is 5.11 Å². The van der Waals surface area contributed by atoms with E-state index in [0.717, 1.165) is 25.2 Å². The minimum absolute atomic E-state index is 0.0877. The topological polar surface area (TPSA) is 46.2 Å². The number of fused-ring (bicyclic) bond motifs is 3. The number of allylic oxidation sites excluding steroid dienone is 1. The van der Waals surface area contributed by atoms with Crippen LogP contribution in [0, 0.1) is 28.1 Å². The molecule has 3 N–H and O–H groups in total. The van der Waals surface area contributed by atoms with Gasteiger partial charge in [0.05, 0.1) is 6.10 Å². The Hall–Kier alpha value is -0.340. The summed E-state index contributed by atoms with van der Waals surface area (Å²) in [6.07, 6.45) is 11.6. The molecule has 0 amide bonds. The first kappa shape index (κ1) is 17.5. The van der Waals surface area contributed by atoms with Gasteiger partial charge in [-0.15, -0.1) is 0 Å². The van der Waals surface area contributed by atoms with Crippen LogP contribution in [0.1, 0.15) is 79.1 Å². The first-order valence-corrected chi connectivity index (χ1v) is 9.88. The molecule has 2 nitrogen and oxygen atoms in total. The zero-order valence-electron chi connectivity index (χ0n) is 15.7. The molecule has 3 aliphatic carbocycles. The van der Waals surface area contributed by atoms with Crippen molar-refractivity contribution in [3.8, 4) is 0 Å². The van der Waals surface area contributed by atoms with Crippen molar-refractivity contribution in [2.24, 2.45) is 33.8 Å². The second kappa shape index (κ2) is 5.88. The molecular formula is C21H37NO. The number of hydrogen-bond donors (Lipinski definition) is 2. The van der Waals surface area contributed by atoms with Crippen molar-refractivity contribution in [1.82, 2.24) is 0 Å². The van der Waals surface area contributed by atoms with Gasteiger partial charge < -0.3 is 10.8 Å². The minimum atomic E-state index is -0.349. The molecule has 0 aromatic carbocycles. The number of aliphatic hydroxyl groups excluding tert-OH is 1. The molecule has 0 spiro atoms. The van der Waals surface area contributed by atoms with Crippen LogP contribution in [0.4, 0.5) is 0 Å². The summed E-state index contributed by atoms with van der Waals surface area (Å²) in [7, 11) is 0. The van der Waals surface area contributed by atoms with Gasteiger partial charge in [0.15, 0.2) is 0 Å². The van der Waals surface area contributed by atoms with Crippen molar-refractivity contribution in [2.75, 3.05) is 6.54 Å². The van der Waals surface area contributed by atoms with Crippen LogP contribution in [0.3, 0.4) is 0 Å². The molecule has 0 aromatic heterocycles. The molecule has 5 unspecified atom stereocenters. The Morgan fingerprint density at radius 2 is 1.87 bits per heavy atom. The molecule has 2 saturated carbocycles. The predicted octanol–water partition coefficient (Wildman–Crippen LogP) is 4.67. The quantitative estimate of drug-likeness (QED) is 0.727. The highest BCUT2D eigenvalue weighted by Crippen LogP contribution is 2.66. The molecular weight excluding hydrogens is 282 g/mol. The van der Waals surface area contributed by atoms with E-state index >= 15 is 0 Å². The van der Waals surface area contributed by atoms with Crippen molar-refractivity contribution in [3.05, 3.63) is 11.6 Å². The van der Waals surface area contributed by atoms with E-state index in [0.29, 0.717) is 23.3 Å². The number of rotatable bonds is 2. The van der Waals surface area contributed by atoms with E-state index < -0.39 is 0 Å². The lowest BCUT2D eigenvalue weighted by atomic mass is 9.42. The Bertz CT molecular complexity index is 482. The average molecular weight is 320 g/mol. The van der Waals surface area contributed by atoms with E-state index in [1.807, 2.05) is 0 Å². The van der Waals surface area contributed by atoms with E-state index in [2.05, 4.69) is 33.8 Å². The average Bonchev–Trinajstić information content (AvgIpc) is 2.64. The summed E-state index contributed by atoms with van der Waals surface area (Å²) >= 11 is 0. The van der Waals surface area contributed by atoms with Gasteiger partial charge in [-0.1, -0.05) is 45.8 Å². The lowest BCUT2D eigenvalue weighted by Crippen LogP contribution is -2.60. The molecule has 0 heterocycles.